The molecular weight excluding hydrogens is 176 g/mol. The highest BCUT2D eigenvalue weighted by atomic mass is 16.5. The van der Waals surface area contributed by atoms with E-state index in [-0.39, 0.29) is 23.2 Å². The van der Waals surface area contributed by atoms with Crippen molar-refractivity contribution in [2.75, 3.05) is 6.61 Å². The molecule has 14 heavy (non-hydrogen) atoms. The molecule has 2 nitrogen and oxygen atoms in total. The predicted molar refractivity (Wildman–Crippen MR) is 56.8 cm³/mol. The van der Waals surface area contributed by atoms with Crippen LogP contribution in [0.25, 0.3) is 0 Å². The Morgan fingerprint density at radius 1 is 1.57 bits per heavy atom. The maximum absolute atomic E-state index is 11.8. The largest absolute Gasteiger partial charge is 0.466 e. The molecule has 0 bridgehead atoms. The van der Waals surface area contributed by atoms with Crippen LogP contribution in [0, 0.1) is 17.3 Å². The molecule has 80 valence electrons. The quantitative estimate of drug-likeness (QED) is 0.501. The number of ether oxygens (including phenoxy) is 1. The zero-order valence-electron chi connectivity index (χ0n) is 9.54. The first-order valence-corrected chi connectivity index (χ1v) is 5.32. The van der Waals surface area contributed by atoms with E-state index < -0.39 is 0 Å². The summed E-state index contributed by atoms with van der Waals surface area (Å²) in [5.41, 5.74) is 0.0282. The number of esters is 1. The van der Waals surface area contributed by atoms with Crippen molar-refractivity contribution in [1.82, 2.24) is 0 Å². The molecule has 1 aliphatic carbocycles. The van der Waals surface area contributed by atoms with Crippen LogP contribution < -0.4 is 0 Å². The third-order valence-electron chi connectivity index (χ3n) is 2.99. The van der Waals surface area contributed by atoms with Gasteiger partial charge in [0.25, 0.3) is 0 Å². The SMILES string of the molecule is CCOC(=O)[C@@H]1[C@@H](C)C=CCC1(C)C. The van der Waals surface area contributed by atoms with Gasteiger partial charge < -0.3 is 4.74 Å². The predicted octanol–water partition coefficient (Wildman–Crippen LogP) is 2.79. The van der Waals surface area contributed by atoms with E-state index in [0.717, 1.165) is 6.42 Å². The van der Waals surface area contributed by atoms with Gasteiger partial charge in [-0.05, 0) is 24.7 Å². The normalized spacial score (nSPS) is 30.0. The summed E-state index contributed by atoms with van der Waals surface area (Å²) in [6.45, 7) is 8.68. The molecule has 2 heteroatoms. The fraction of sp³-hybridized carbons (Fsp3) is 0.750. The summed E-state index contributed by atoms with van der Waals surface area (Å²) < 4.78 is 5.11. The smallest absolute Gasteiger partial charge is 0.310 e. The van der Waals surface area contributed by atoms with Crippen molar-refractivity contribution in [3.63, 3.8) is 0 Å². The van der Waals surface area contributed by atoms with Gasteiger partial charge in [0.1, 0.15) is 0 Å². The lowest BCUT2D eigenvalue weighted by molar-refractivity contribution is -0.154. The molecule has 0 aromatic rings. The number of hydrogen-bond acceptors (Lipinski definition) is 2. The highest BCUT2D eigenvalue weighted by Crippen LogP contribution is 2.41. The van der Waals surface area contributed by atoms with Crippen LogP contribution in [0.4, 0.5) is 0 Å². The van der Waals surface area contributed by atoms with Crippen molar-refractivity contribution >= 4 is 5.97 Å². The standard InChI is InChI=1S/C12H20O2/c1-5-14-11(13)10-9(2)7-6-8-12(10,3)4/h6-7,9-10H,5,8H2,1-4H3/t9-,10-/m0/s1. The Kier molecular flexibility index (Phi) is 3.35. The Balaban J connectivity index is 2.82. The lowest BCUT2D eigenvalue weighted by Crippen LogP contribution is -2.38. The zero-order chi connectivity index (χ0) is 10.8. The Labute approximate surface area is 86.3 Å². The molecule has 0 N–H and O–H groups in total. The highest BCUT2D eigenvalue weighted by molar-refractivity contribution is 5.74. The first-order chi connectivity index (χ1) is 6.49. The Morgan fingerprint density at radius 2 is 2.21 bits per heavy atom. The first-order valence-electron chi connectivity index (χ1n) is 5.32. The van der Waals surface area contributed by atoms with E-state index in [2.05, 4.69) is 32.9 Å². The second-order valence-electron chi connectivity index (χ2n) is 4.71. The summed E-state index contributed by atoms with van der Waals surface area (Å²) in [5.74, 6) is 0.250. The summed E-state index contributed by atoms with van der Waals surface area (Å²) in [4.78, 5) is 11.8. The van der Waals surface area contributed by atoms with Crippen LogP contribution in [-0.4, -0.2) is 12.6 Å². The summed E-state index contributed by atoms with van der Waals surface area (Å²) >= 11 is 0. The van der Waals surface area contributed by atoms with Gasteiger partial charge >= 0.3 is 5.97 Å². The van der Waals surface area contributed by atoms with Crippen molar-refractivity contribution in [2.24, 2.45) is 17.3 Å². The van der Waals surface area contributed by atoms with Crippen molar-refractivity contribution in [3.05, 3.63) is 12.2 Å². The van der Waals surface area contributed by atoms with Gasteiger partial charge in [0.15, 0.2) is 0 Å². The van der Waals surface area contributed by atoms with E-state index in [1.807, 2.05) is 6.92 Å². The highest BCUT2D eigenvalue weighted by Gasteiger charge is 2.40. The van der Waals surface area contributed by atoms with Gasteiger partial charge in [-0.15, -0.1) is 0 Å². The molecule has 0 spiro atoms. The molecule has 0 amide bonds. The van der Waals surface area contributed by atoms with E-state index >= 15 is 0 Å². The van der Waals surface area contributed by atoms with Gasteiger partial charge in [-0.2, -0.15) is 0 Å². The van der Waals surface area contributed by atoms with Crippen LogP contribution in [0.2, 0.25) is 0 Å². The summed E-state index contributed by atoms with van der Waals surface area (Å²) in [7, 11) is 0. The third kappa shape index (κ3) is 2.17. The Bertz CT molecular complexity index is 241. The molecule has 0 saturated heterocycles. The minimum absolute atomic E-state index is 0.00690. The Morgan fingerprint density at radius 3 is 2.71 bits per heavy atom. The average molecular weight is 196 g/mol. The van der Waals surface area contributed by atoms with Crippen LogP contribution >= 0.6 is 0 Å². The summed E-state index contributed by atoms with van der Waals surface area (Å²) in [6, 6.07) is 0. The van der Waals surface area contributed by atoms with Gasteiger partial charge in [0.2, 0.25) is 0 Å². The van der Waals surface area contributed by atoms with Crippen LogP contribution in [0.3, 0.4) is 0 Å². The molecular formula is C12H20O2. The van der Waals surface area contributed by atoms with Crippen molar-refractivity contribution in [3.8, 4) is 0 Å². The minimum Gasteiger partial charge on any atom is -0.466 e. The number of carbonyl (C=O) groups is 1. The first kappa shape index (κ1) is 11.3. The third-order valence-corrected chi connectivity index (χ3v) is 2.99. The average Bonchev–Trinajstić information content (AvgIpc) is 2.02. The molecule has 1 rings (SSSR count). The monoisotopic (exact) mass is 196 g/mol. The van der Waals surface area contributed by atoms with Crippen molar-refractivity contribution in [1.29, 1.82) is 0 Å². The van der Waals surface area contributed by atoms with Crippen LogP contribution in [0.5, 0.6) is 0 Å². The number of hydrogen-bond donors (Lipinski definition) is 0. The van der Waals surface area contributed by atoms with Gasteiger partial charge in [-0.3, -0.25) is 4.79 Å². The fourth-order valence-corrected chi connectivity index (χ4v) is 2.30. The summed E-state index contributed by atoms with van der Waals surface area (Å²) in [6.07, 6.45) is 5.24. The number of rotatable bonds is 2. The maximum atomic E-state index is 11.8. The number of allylic oxidation sites excluding steroid dienone is 2. The zero-order valence-corrected chi connectivity index (χ0v) is 9.54. The minimum atomic E-state index is -0.0469. The molecule has 0 radical (unpaired) electrons. The van der Waals surface area contributed by atoms with E-state index in [1.54, 1.807) is 0 Å². The second-order valence-corrected chi connectivity index (χ2v) is 4.71. The van der Waals surface area contributed by atoms with Crippen LogP contribution in [-0.2, 0) is 9.53 Å². The molecule has 2 atom stereocenters. The lowest BCUT2D eigenvalue weighted by atomic mass is 9.67. The van der Waals surface area contributed by atoms with Crippen LogP contribution in [0.15, 0.2) is 12.2 Å². The lowest BCUT2D eigenvalue weighted by Gasteiger charge is -2.37. The topological polar surface area (TPSA) is 26.3 Å². The second kappa shape index (κ2) is 4.16. The van der Waals surface area contributed by atoms with Crippen molar-refractivity contribution in [2.45, 2.75) is 34.1 Å². The molecule has 0 aliphatic heterocycles. The molecule has 0 saturated carbocycles. The van der Waals surface area contributed by atoms with E-state index in [0.29, 0.717) is 6.61 Å². The van der Waals surface area contributed by atoms with Gasteiger partial charge in [0.05, 0.1) is 12.5 Å². The molecule has 1 aliphatic rings. The van der Waals surface area contributed by atoms with Crippen LogP contribution in [0.1, 0.15) is 34.1 Å². The van der Waals surface area contributed by atoms with Gasteiger partial charge in [0, 0.05) is 0 Å². The van der Waals surface area contributed by atoms with E-state index in [1.165, 1.54) is 0 Å². The van der Waals surface area contributed by atoms with E-state index in [4.69, 9.17) is 4.74 Å². The fourth-order valence-electron chi connectivity index (χ4n) is 2.30. The molecule has 0 aromatic heterocycles. The molecule has 0 fully saturated rings. The van der Waals surface area contributed by atoms with Gasteiger partial charge in [-0.25, -0.2) is 0 Å². The summed E-state index contributed by atoms with van der Waals surface area (Å²) in [5, 5.41) is 0. The number of carbonyl (C=O) groups excluding carboxylic acids is 1. The van der Waals surface area contributed by atoms with Crippen molar-refractivity contribution < 1.29 is 9.53 Å². The maximum Gasteiger partial charge on any atom is 0.310 e. The molecule has 0 aromatic carbocycles. The molecule has 0 heterocycles. The van der Waals surface area contributed by atoms with E-state index in [9.17, 15) is 4.79 Å². The Hall–Kier alpha value is -0.790. The van der Waals surface area contributed by atoms with Gasteiger partial charge in [-0.1, -0.05) is 32.9 Å². The molecule has 0 unspecified atom stereocenters.